The molecule has 2 N–H and O–H groups in total. The van der Waals surface area contributed by atoms with E-state index in [1.54, 1.807) is 18.2 Å². The average Bonchev–Trinajstić information content (AvgIpc) is 2.08. The van der Waals surface area contributed by atoms with Crippen molar-refractivity contribution in [3.8, 4) is 12.8 Å². The second-order valence-electron chi connectivity index (χ2n) is 1.94. The van der Waals surface area contributed by atoms with Gasteiger partial charge in [0.25, 0.3) is 0 Å². The van der Waals surface area contributed by atoms with E-state index in [1.807, 2.05) is 13.8 Å². The van der Waals surface area contributed by atoms with Crippen LogP contribution in [0.5, 0.6) is 0 Å². The molecule has 72 valence electrons. The first-order chi connectivity index (χ1) is 6.20. The van der Waals surface area contributed by atoms with Gasteiger partial charge in [0.2, 0.25) is 0 Å². The quantitative estimate of drug-likeness (QED) is 0.412. The third-order valence-electron chi connectivity index (χ3n) is 0.955. The number of carbonyl (C=O) groups excluding carboxylic acids is 1. The van der Waals surface area contributed by atoms with E-state index >= 15 is 0 Å². The van der Waals surface area contributed by atoms with E-state index in [1.165, 1.54) is 0 Å². The number of amides is 1. The second-order valence-corrected chi connectivity index (χ2v) is 1.94. The number of allylic oxidation sites excluding steroid dienone is 3. The van der Waals surface area contributed by atoms with Crippen LogP contribution in [0.1, 0.15) is 20.3 Å². The Morgan fingerprint density at radius 2 is 2.08 bits per heavy atom. The molecule has 0 spiro atoms. The Labute approximate surface area is 79.3 Å². The summed E-state index contributed by atoms with van der Waals surface area (Å²) in [6.45, 7) is 3.79. The molecule has 3 heteroatoms. The molecule has 13 heavy (non-hydrogen) atoms. The standard InChI is InChI=1S/C8H13NO2.C2H2/c1-3-5-7(6-4-2)11-8(9)10;1-2/h3,5-6H,4H2,1-2H3,(H2,9,10);1-2H/b5-3-,7-6+;. The molecule has 1 amide bonds. The van der Waals surface area contributed by atoms with Crippen molar-refractivity contribution >= 4 is 6.09 Å². The molecular formula is C10H15NO2. The molecule has 0 radical (unpaired) electrons. The normalized spacial score (nSPS) is 10.3. The summed E-state index contributed by atoms with van der Waals surface area (Å²) in [5, 5.41) is 0. The van der Waals surface area contributed by atoms with E-state index in [0.717, 1.165) is 6.42 Å². The summed E-state index contributed by atoms with van der Waals surface area (Å²) < 4.78 is 4.64. The molecule has 0 heterocycles. The molecule has 3 nitrogen and oxygen atoms in total. The lowest BCUT2D eigenvalue weighted by Crippen LogP contribution is -2.11. The Bertz CT molecular complexity index is 214. The molecular weight excluding hydrogens is 166 g/mol. The Morgan fingerprint density at radius 3 is 2.38 bits per heavy atom. The van der Waals surface area contributed by atoms with Gasteiger partial charge in [0.15, 0.2) is 0 Å². The number of hydrogen-bond donors (Lipinski definition) is 1. The third-order valence-corrected chi connectivity index (χ3v) is 0.955. The maximum Gasteiger partial charge on any atom is 0.409 e. The molecule has 0 saturated heterocycles. The van der Waals surface area contributed by atoms with Crippen LogP contribution in [-0.2, 0) is 4.74 Å². The van der Waals surface area contributed by atoms with E-state index in [9.17, 15) is 4.79 Å². The SMILES string of the molecule is C#C.C/C=C\C(=C/CC)OC(N)=O. The van der Waals surface area contributed by atoms with Gasteiger partial charge in [-0.3, -0.25) is 0 Å². The zero-order valence-corrected chi connectivity index (χ0v) is 7.99. The fraction of sp³-hybridized carbons (Fsp3) is 0.300. The van der Waals surface area contributed by atoms with Gasteiger partial charge in [-0.25, -0.2) is 4.79 Å². The van der Waals surface area contributed by atoms with Crippen LogP contribution >= 0.6 is 0 Å². The number of rotatable bonds is 3. The Hall–Kier alpha value is -1.69. The third kappa shape index (κ3) is 10.3. The first kappa shape index (κ1) is 13.9. The van der Waals surface area contributed by atoms with Gasteiger partial charge >= 0.3 is 6.09 Å². The molecule has 0 unspecified atom stereocenters. The Balaban J connectivity index is 0. The van der Waals surface area contributed by atoms with Gasteiger partial charge in [0.1, 0.15) is 5.76 Å². The number of hydrogen-bond acceptors (Lipinski definition) is 2. The van der Waals surface area contributed by atoms with Crippen LogP contribution < -0.4 is 5.73 Å². The molecule has 0 aromatic heterocycles. The van der Waals surface area contributed by atoms with Gasteiger partial charge < -0.3 is 10.5 Å². The van der Waals surface area contributed by atoms with E-state index in [4.69, 9.17) is 5.73 Å². The average molecular weight is 181 g/mol. The lowest BCUT2D eigenvalue weighted by atomic mass is 10.3. The van der Waals surface area contributed by atoms with Crippen molar-refractivity contribution in [2.45, 2.75) is 20.3 Å². The fourth-order valence-corrected chi connectivity index (χ4v) is 0.625. The molecule has 0 rings (SSSR count). The molecule has 0 atom stereocenters. The fourth-order valence-electron chi connectivity index (χ4n) is 0.625. The van der Waals surface area contributed by atoms with Gasteiger partial charge in [-0.1, -0.05) is 13.0 Å². The smallest absolute Gasteiger partial charge is 0.409 e. The van der Waals surface area contributed by atoms with Gasteiger partial charge in [0.05, 0.1) is 0 Å². The van der Waals surface area contributed by atoms with Crippen LogP contribution in [0.15, 0.2) is 24.0 Å². The molecule has 0 fully saturated rings. The van der Waals surface area contributed by atoms with Crippen molar-refractivity contribution in [3.63, 3.8) is 0 Å². The highest BCUT2D eigenvalue weighted by molar-refractivity contribution is 5.66. The lowest BCUT2D eigenvalue weighted by molar-refractivity contribution is 0.190. The van der Waals surface area contributed by atoms with Crippen LogP contribution in [-0.4, -0.2) is 6.09 Å². The molecule has 0 aliphatic rings. The number of ether oxygens (including phenoxy) is 1. The van der Waals surface area contributed by atoms with Crippen molar-refractivity contribution < 1.29 is 9.53 Å². The van der Waals surface area contributed by atoms with Crippen molar-refractivity contribution in [2.24, 2.45) is 5.73 Å². The van der Waals surface area contributed by atoms with Crippen molar-refractivity contribution in [1.29, 1.82) is 0 Å². The topological polar surface area (TPSA) is 52.3 Å². The van der Waals surface area contributed by atoms with Gasteiger partial charge in [-0.15, -0.1) is 12.8 Å². The van der Waals surface area contributed by atoms with Crippen molar-refractivity contribution in [1.82, 2.24) is 0 Å². The molecule has 0 aliphatic carbocycles. The van der Waals surface area contributed by atoms with E-state index in [0.29, 0.717) is 5.76 Å². The van der Waals surface area contributed by atoms with E-state index < -0.39 is 6.09 Å². The number of carbonyl (C=O) groups is 1. The van der Waals surface area contributed by atoms with Crippen LogP contribution in [0.3, 0.4) is 0 Å². The predicted molar refractivity (Wildman–Crippen MR) is 53.7 cm³/mol. The zero-order chi connectivity index (χ0) is 10.7. The van der Waals surface area contributed by atoms with Crippen LogP contribution in [0.2, 0.25) is 0 Å². The van der Waals surface area contributed by atoms with Gasteiger partial charge in [-0.05, 0) is 25.5 Å². The number of primary amides is 1. The number of terminal acetylenes is 1. The minimum atomic E-state index is -0.775. The highest BCUT2D eigenvalue weighted by Gasteiger charge is 1.95. The minimum Gasteiger partial charge on any atom is -0.411 e. The van der Waals surface area contributed by atoms with Crippen LogP contribution in [0, 0.1) is 12.8 Å². The molecule has 0 bridgehead atoms. The predicted octanol–water partition coefficient (Wildman–Crippen LogP) is 2.20. The lowest BCUT2D eigenvalue weighted by Gasteiger charge is -1.99. The highest BCUT2D eigenvalue weighted by Crippen LogP contribution is 2.00. The summed E-state index contributed by atoms with van der Waals surface area (Å²) in [5.74, 6) is 0.502. The minimum absolute atomic E-state index is 0.502. The maximum atomic E-state index is 10.3. The van der Waals surface area contributed by atoms with E-state index in [-0.39, 0.29) is 0 Å². The Kier molecular flexibility index (Phi) is 11.0. The molecule has 0 aliphatic heterocycles. The summed E-state index contributed by atoms with van der Waals surface area (Å²) in [6.07, 6.45) is 13.3. The molecule has 0 saturated carbocycles. The van der Waals surface area contributed by atoms with Gasteiger partial charge in [0, 0.05) is 0 Å². The monoisotopic (exact) mass is 181 g/mol. The van der Waals surface area contributed by atoms with Crippen LogP contribution in [0.4, 0.5) is 4.79 Å². The first-order valence-corrected chi connectivity index (χ1v) is 3.84. The van der Waals surface area contributed by atoms with Crippen molar-refractivity contribution in [2.75, 3.05) is 0 Å². The summed E-state index contributed by atoms with van der Waals surface area (Å²) in [4.78, 5) is 10.3. The Morgan fingerprint density at radius 1 is 1.54 bits per heavy atom. The summed E-state index contributed by atoms with van der Waals surface area (Å²) in [7, 11) is 0. The maximum absolute atomic E-state index is 10.3. The van der Waals surface area contributed by atoms with E-state index in [2.05, 4.69) is 17.6 Å². The molecule has 0 aromatic rings. The molecule has 0 aromatic carbocycles. The zero-order valence-electron chi connectivity index (χ0n) is 7.99. The van der Waals surface area contributed by atoms with Crippen LogP contribution in [0.25, 0.3) is 0 Å². The first-order valence-electron chi connectivity index (χ1n) is 3.84. The highest BCUT2D eigenvalue weighted by atomic mass is 16.5. The largest absolute Gasteiger partial charge is 0.411 e. The second kappa shape index (κ2) is 10.3. The van der Waals surface area contributed by atoms with Crippen molar-refractivity contribution in [3.05, 3.63) is 24.0 Å². The number of nitrogens with two attached hydrogens (primary N) is 1. The summed E-state index contributed by atoms with van der Waals surface area (Å²) >= 11 is 0. The summed E-state index contributed by atoms with van der Waals surface area (Å²) in [6, 6.07) is 0. The van der Waals surface area contributed by atoms with Gasteiger partial charge in [-0.2, -0.15) is 0 Å². The summed E-state index contributed by atoms with van der Waals surface area (Å²) in [5.41, 5.74) is 4.82.